The molecule has 12 nitrogen and oxygen atoms in total. The number of H-pyrrole nitrogens is 1. The smallest absolute Gasteiger partial charge is 0.294 e. The summed E-state index contributed by atoms with van der Waals surface area (Å²) < 4.78 is 10.2. The highest BCUT2D eigenvalue weighted by Crippen LogP contribution is 2.36. The Bertz CT molecular complexity index is 1430. The van der Waals surface area contributed by atoms with Crippen molar-refractivity contribution in [1.82, 2.24) is 18.8 Å². The van der Waals surface area contributed by atoms with E-state index in [0.29, 0.717) is 65.8 Å². The third kappa shape index (κ3) is 7.20. The van der Waals surface area contributed by atoms with Crippen LogP contribution >= 0.6 is 11.9 Å². The molecule has 0 unspecified atom stereocenters. The second-order valence-electron chi connectivity index (χ2n) is 10.0. The van der Waals surface area contributed by atoms with E-state index in [1.165, 1.54) is 6.21 Å². The highest BCUT2D eigenvalue weighted by molar-refractivity contribution is 7.97. The summed E-state index contributed by atoms with van der Waals surface area (Å²) in [6.45, 7) is 8.96. The normalized spacial score (nSPS) is 14.7. The van der Waals surface area contributed by atoms with Gasteiger partial charge in [-0.15, -0.1) is 10.1 Å². The number of nitrogens with zero attached hydrogens (tertiary/aromatic N) is 5. The summed E-state index contributed by atoms with van der Waals surface area (Å²) in [5, 5.41) is 22.3. The Morgan fingerprint density at radius 3 is 2.68 bits per heavy atom. The van der Waals surface area contributed by atoms with Crippen LogP contribution in [0, 0.1) is 16.0 Å². The van der Waals surface area contributed by atoms with Crippen LogP contribution in [0.1, 0.15) is 64.1 Å². The first-order valence-corrected chi connectivity index (χ1v) is 15.0. The molecule has 2 N–H and O–H groups in total. The van der Waals surface area contributed by atoms with Crippen LogP contribution in [0.4, 0.5) is 0 Å². The molecule has 1 aromatic carbocycles. The van der Waals surface area contributed by atoms with Gasteiger partial charge in [0.15, 0.2) is 0 Å². The van der Waals surface area contributed by atoms with Gasteiger partial charge in [-0.1, -0.05) is 25.4 Å². The lowest BCUT2D eigenvalue weighted by Gasteiger charge is -2.30. The molecule has 1 fully saturated rings. The van der Waals surface area contributed by atoms with Gasteiger partial charge in [0.05, 0.1) is 30.7 Å². The van der Waals surface area contributed by atoms with E-state index in [-0.39, 0.29) is 12.2 Å². The van der Waals surface area contributed by atoms with Gasteiger partial charge in [0, 0.05) is 30.1 Å². The van der Waals surface area contributed by atoms with Crippen molar-refractivity contribution in [2.45, 2.75) is 70.7 Å². The number of hydrogen-bond donors (Lipinski definition) is 2. The maximum Gasteiger partial charge on any atom is 0.294 e. The molecule has 0 radical (unpaired) electrons. The van der Waals surface area contributed by atoms with E-state index in [1.807, 2.05) is 36.6 Å². The fraction of sp³-hybridized carbons (Fsp3) is 0.536. The van der Waals surface area contributed by atoms with Crippen LogP contribution in [-0.4, -0.2) is 61.7 Å². The molecule has 0 aliphatic carbocycles. The molecule has 0 bridgehead atoms. The van der Waals surface area contributed by atoms with Crippen molar-refractivity contribution in [3.63, 3.8) is 0 Å². The van der Waals surface area contributed by atoms with E-state index >= 15 is 0 Å². The van der Waals surface area contributed by atoms with E-state index in [1.54, 1.807) is 11.9 Å². The summed E-state index contributed by atoms with van der Waals surface area (Å²) in [5.41, 5.74) is 3.07. The highest BCUT2D eigenvalue weighted by Gasteiger charge is 2.23. The predicted molar refractivity (Wildman–Crippen MR) is 158 cm³/mol. The molecule has 0 atom stereocenters. The van der Waals surface area contributed by atoms with Gasteiger partial charge in [-0.2, -0.15) is 0 Å². The molecule has 1 saturated heterocycles. The Morgan fingerprint density at radius 1 is 1.24 bits per heavy atom. The van der Waals surface area contributed by atoms with Crippen LogP contribution in [0.5, 0.6) is 5.75 Å². The monoisotopic (exact) mass is 586 g/mol. The van der Waals surface area contributed by atoms with Gasteiger partial charge in [0.25, 0.3) is 10.6 Å². The van der Waals surface area contributed by atoms with Crippen LogP contribution in [0.25, 0.3) is 22.4 Å². The number of hydrogen-bond acceptors (Lipinski definition) is 10. The molecule has 1 aliphatic heterocycles. The van der Waals surface area contributed by atoms with Crippen molar-refractivity contribution in [3.05, 3.63) is 49.9 Å². The average molecular weight is 587 g/mol. The molecule has 41 heavy (non-hydrogen) atoms. The molecule has 3 heterocycles. The summed E-state index contributed by atoms with van der Waals surface area (Å²) in [6, 6.07) is 5.94. The maximum absolute atomic E-state index is 13.5. The average Bonchev–Trinajstić information content (AvgIpc) is 3.26. The lowest BCUT2D eigenvalue weighted by molar-refractivity contribution is -0.758. The zero-order chi connectivity index (χ0) is 29.4. The fourth-order valence-corrected chi connectivity index (χ4v) is 6.30. The zero-order valence-corrected chi connectivity index (χ0v) is 24.6. The lowest BCUT2D eigenvalue weighted by Crippen LogP contribution is -2.29. The molecule has 2 aromatic heterocycles. The second-order valence-corrected chi connectivity index (χ2v) is 11.2. The molecule has 1 aliphatic rings. The number of benzene rings is 1. The minimum Gasteiger partial charge on any atom is -0.493 e. The Labute approximate surface area is 243 Å². The van der Waals surface area contributed by atoms with Crippen molar-refractivity contribution < 1.29 is 19.9 Å². The SMILES string of the molecule is CCCOc1ccc(SN2CCC(CCO[N+](=O)[O-])CC2)cc1-c1nc2c(CCC)c(/C=N/O)n(CC)c2c(=O)[nH]1. The van der Waals surface area contributed by atoms with E-state index in [0.717, 1.165) is 49.2 Å². The molecule has 0 saturated carbocycles. The van der Waals surface area contributed by atoms with E-state index < -0.39 is 5.09 Å². The minimum atomic E-state index is -0.734. The molecular formula is C28H38N6O6S. The molecule has 222 valence electrons. The number of aromatic amines is 1. The number of aromatic nitrogens is 3. The summed E-state index contributed by atoms with van der Waals surface area (Å²) in [6.07, 6.45) is 6.31. The van der Waals surface area contributed by atoms with Crippen LogP contribution in [0.2, 0.25) is 0 Å². The maximum atomic E-state index is 13.5. The summed E-state index contributed by atoms with van der Waals surface area (Å²) in [4.78, 5) is 37.3. The third-order valence-electron chi connectivity index (χ3n) is 7.25. The van der Waals surface area contributed by atoms with Crippen LogP contribution in [-0.2, 0) is 17.8 Å². The number of piperidine rings is 1. The van der Waals surface area contributed by atoms with Gasteiger partial charge in [0.2, 0.25) is 0 Å². The number of fused-ring (bicyclic) bond motifs is 1. The number of rotatable bonds is 14. The summed E-state index contributed by atoms with van der Waals surface area (Å²) in [7, 11) is 0. The van der Waals surface area contributed by atoms with Gasteiger partial charge in [-0.3, -0.25) is 4.79 Å². The quantitative estimate of drug-likeness (QED) is 0.0846. The number of aryl methyl sites for hydroxylation is 2. The minimum absolute atomic E-state index is 0.138. The van der Waals surface area contributed by atoms with E-state index in [9.17, 15) is 20.1 Å². The highest BCUT2D eigenvalue weighted by atomic mass is 32.2. The summed E-state index contributed by atoms with van der Waals surface area (Å²) in [5.74, 6) is 1.48. The Hall–Kier alpha value is -3.58. The number of oxime groups is 1. The largest absolute Gasteiger partial charge is 0.493 e. The molecule has 0 amide bonds. The third-order valence-corrected chi connectivity index (χ3v) is 8.33. The predicted octanol–water partition coefficient (Wildman–Crippen LogP) is 5.28. The molecule has 13 heteroatoms. The molecular weight excluding hydrogens is 548 g/mol. The second kappa shape index (κ2) is 14.4. The van der Waals surface area contributed by atoms with Gasteiger partial charge >= 0.3 is 0 Å². The number of ether oxygens (including phenoxy) is 1. The zero-order valence-electron chi connectivity index (χ0n) is 23.8. The van der Waals surface area contributed by atoms with Gasteiger partial charge in [-0.05, 0) is 75.1 Å². The van der Waals surface area contributed by atoms with Crippen molar-refractivity contribution in [3.8, 4) is 17.1 Å². The van der Waals surface area contributed by atoms with Crippen molar-refractivity contribution in [2.24, 2.45) is 11.1 Å². The lowest BCUT2D eigenvalue weighted by atomic mass is 9.95. The van der Waals surface area contributed by atoms with Gasteiger partial charge in [0.1, 0.15) is 22.6 Å². The molecule has 0 spiro atoms. The van der Waals surface area contributed by atoms with Gasteiger partial charge < -0.3 is 24.3 Å². The van der Waals surface area contributed by atoms with Crippen molar-refractivity contribution in [1.29, 1.82) is 0 Å². The van der Waals surface area contributed by atoms with Crippen molar-refractivity contribution in [2.75, 3.05) is 26.3 Å². The molecule has 4 rings (SSSR count). The number of nitrogens with one attached hydrogen (secondary N) is 1. The fourth-order valence-electron chi connectivity index (χ4n) is 5.31. The van der Waals surface area contributed by atoms with Crippen LogP contribution in [0.15, 0.2) is 33.0 Å². The first-order valence-electron chi connectivity index (χ1n) is 14.2. The topological polar surface area (TPSA) is 148 Å². The van der Waals surface area contributed by atoms with Crippen LogP contribution in [0.3, 0.4) is 0 Å². The Kier molecular flexibility index (Phi) is 10.6. The Balaban J connectivity index is 1.65. The first-order chi connectivity index (χ1) is 19.9. The van der Waals surface area contributed by atoms with E-state index in [4.69, 9.17) is 9.72 Å². The standard InChI is InChI=1S/C28H38N6O6S/c1-4-7-21-23(18-29-36)33(6-3)26-25(21)30-27(31-28(26)35)22-17-20(8-9-24(22)39-15-5-2)41-32-13-10-19(11-14-32)12-16-40-34(37)38/h8-9,17-19,36H,4-7,10-16H2,1-3H3,(H,30,31,35)/b29-18+. The van der Waals surface area contributed by atoms with Crippen LogP contribution < -0.4 is 10.3 Å². The van der Waals surface area contributed by atoms with Crippen molar-refractivity contribution >= 4 is 29.2 Å². The molecule has 3 aromatic rings. The summed E-state index contributed by atoms with van der Waals surface area (Å²) >= 11 is 1.64. The van der Waals surface area contributed by atoms with Gasteiger partial charge in [-0.25, -0.2) is 9.29 Å². The van der Waals surface area contributed by atoms with E-state index in [2.05, 4.69) is 26.2 Å². The Morgan fingerprint density at radius 2 is 2.02 bits per heavy atom. The first kappa shape index (κ1) is 30.4.